The van der Waals surface area contributed by atoms with E-state index in [4.69, 9.17) is 4.74 Å². The monoisotopic (exact) mass is 360 g/mol. The molecule has 0 radical (unpaired) electrons. The highest BCUT2D eigenvalue weighted by Crippen LogP contribution is 2.40. The lowest BCUT2D eigenvalue weighted by atomic mass is 9.85. The lowest BCUT2D eigenvalue weighted by Crippen LogP contribution is -2.12. The van der Waals surface area contributed by atoms with Crippen LogP contribution in [0, 0.1) is 0 Å². The number of halogens is 1. The number of benzene rings is 2. The van der Waals surface area contributed by atoms with Crippen LogP contribution in [-0.2, 0) is 5.41 Å². The van der Waals surface area contributed by atoms with Crippen molar-refractivity contribution in [2.24, 2.45) is 0 Å². The van der Waals surface area contributed by atoms with Crippen molar-refractivity contribution < 1.29 is 4.74 Å². The van der Waals surface area contributed by atoms with Crippen LogP contribution in [0.2, 0.25) is 0 Å². The second-order valence-electron chi connectivity index (χ2n) is 6.65. The van der Waals surface area contributed by atoms with Crippen molar-refractivity contribution in [2.45, 2.75) is 46.0 Å². The van der Waals surface area contributed by atoms with E-state index in [-0.39, 0.29) is 5.41 Å². The summed E-state index contributed by atoms with van der Waals surface area (Å²) in [4.78, 5) is 0. The average molecular weight is 361 g/mol. The minimum absolute atomic E-state index is 0.105. The number of ether oxygens (including phenoxy) is 1. The van der Waals surface area contributed by atoms with Gasteiger partial charge in [0.15, 0.2) is 0 Å². The van der Waals surface area contributed by atoms with Crippen LogP contribution in [-0.4, -0.2) is 6.61 Å². The molecule has 0 aliphatic rings. The molecule has 0 N–H and O–H groups in total. The van der Waals surface area contributed by atoms with Gasteiger partial charge >= 0.3 is 0 Å². The van der Waals surface area contributed by atoms with Gasteiger partial charge in [0.25, 0.3) is 0 Å². The van der Waals surface area contributed by atoms with Crippen molar-refractivity contribution in [2.75, 3.05) is 6.61 Å². The van der Waals surface area contributed by atoms with Crippen LogP contribution < -0.4 is 4.74 Å². The summed E-state index contributed by atoms with van der Waals surface area (Å²) in [6.45, 7) is 9.65. The first-order valence-corrected chi connectivity index (χ1v) is 8.75. The van der Waals surface area contributed by atoms with Crippen molar-refractivity contribution in [3.05, 3.63) is 52.5 Å². The van der Waals surface area contributed by atoms with Crippen LogP contribution >= 0.6 is 15.9 Å². The third-order valence-corrected chi connectivity index (χ3v) is 4.33. The molecule has 0 atom stereocenters. The van der Waals surface area contributed by atoms with Crippen LogP contribution in [0.25, 0.3) is 11.1 Å². The Morgan fingerprint density at radius 1 is 1.05 bits per heavy atom. The summed E-state index contributed by atoms with van der Waals surface area (Å²) in [7, 11) is 0. The molecule has 0 heterocycles. The molecule has 2 aromatic carbocycles. The van der Waals surface area contributed by atoms with E-state index in [0.717, 1.165) is 35.2 Å². The van der Waals surface area contributed by atoms with Crippen LogP contribution in [0.4, 0.5) is 0 Å². The normalized spacial score (nSPS) is 11.5. The van der Waals surface area contributed by atoms with Gasteiger partial charge in [-0.15, -0.1) is 0 Å². The molecular weight excluding hydrogens is 336 g/mol. The fourth-order valence-electron chi connectivity index (χ4n) is 2.32. The van der Waals surface area contributed by atoms with Crippen molar-refractivity contribution >= 4 is 15.9 Å². The number of unbranched alkanes of at least 4 members (excludes halogenated alkanes) is 1. The SMILES string of the molecule is CCCCOc1c(Br)cc(C(C)(C)C)cc1-c1ccccc1. The maximum absolute atomic E-state index is 6.08. The van der Waals surface area contributed by atoms with Crippen molar-refractivity contribution in [1.29, 1.82) is 0 Å². The molecule has 0 aliphatic heterocycles. The highest BCUT2D eigenvalue weighted by atomic mass is 79.9. The molecule has 118 valence electrons. The third kappa shape index (κ3) is 4.13. The number of hydrogen-bond acceptors (Lipinski definition) is 1. The molecule has 0 fully saturated rings. The van der Waals surface area contributed by atoms with E-state index in [0.29, 0.717) is 0 Å². The van der Waals surface area contributed by atoms with Gasteiger partial charge in [-0.3, -0.25) is 0 Å². The Kier molecular flexibility index (Phi) is 5.69. The van der Waals surface area contributed by atoms with E-state index >= 15 is 0 Å². The first kappa shape index (κ1) is 17.1. The predicted octanol–water partition coefficient (Wildman–Crippen LogP) is 6.59. The smallest absolute Gasteiger partial charge is 0.141 e. The van der Waals surface area contributed by atoms with Crippen LogP contribution in [0.3, 0.4) is 0 Å². The third-order valence-electron chi connectivity index (χ3n) is 3.74. The Balaban J connectivity index is 2.52. The summed E-state index contributed by atoms with van der Waals surface area (Å²) in [5.74, 6) is 0.952. The molecule has 2 rings (SSSR count). The van der Waals surface area contributed by atoms with Crippen LogP contribution in [0.1, 0.15) is 46.1 Å². The minimum atomic E-state index is 0.105. The van der Waals surface area contributed by atoms with E-state index in [1.54, 1.807) is 0 Å². The molecule has 2 aromatic rings. The Morgan fingerprint density at radius 2 is 1.73 bits per heavy atom. The molecule has 0 unspecified atom stereocenters. The summed E-state index contributed by atoms with van der Waals surface area (Å²) >= 11 is 3.71. The van der Waals surface area contributed by atoms with Gasteiger partial charge in [0.05, 0.1) is 11.1 Å². The molecule has 0 saturated carbocycles. The zero-order valence-corrected chi connectivity index (χ0v) is 15.5. The van der Waals surface area contributed by atoms with Crippen LogP contribution in [0.15, 0.2) is 46.9 Å². The Labute approximate surface area is 142 Å². The highest BCUT2D eigenvalue weighted by molar-refractivity contribution is 9.10. The molecule has 0 saturated heterocycles. The van der Waals surface area contributed by atoms with Gasteiger partial charge in [0, 0.05) is 5.56 Å². The fourth-order valence-corrected chi connectivity index (χ4v) is 2.90. The number of hydrogen-bond donors (Lipinski definition) is 0. The Hall–Kier alpha value is -1.28. The van der Waals surface area contributed by atoms with E-state index in [2.05, 4.69) is 80.0 Å². The molecule has 22 heavy (non-hydrogen) atoms. The minimum Gasteiger partial charge on any atom is -0.492 e. The van der Waals surface area contributed by atoms with E-state index < -0.39 is 0 Å². The van der Waals surface area contributed by atoms with Crippen molar-refractivity contribution in [3.8, 4) is 16.9 Å². The Morgan fingerprint density at radius 3 is 2.32 bits per heavy atom. The van der Waals surface area contributed by atoms with Gasteiger partial charge in [0.1, 0.15) is 5.75 Å². The van der Waals surface area contributed by atoms with Gasteiger partial charge in [-0.05, 0) is 51.0 Å². The molecular formula is C20H25BrO. The highest BCUT2D eigenvalue weighted by Gasteiger charge is 2.19. The fraction of sp³-hybridized carbons (Fsp3) is 0.400. The predicted molar refractivity (Wildman–Crippen MR) is 98.7 cm³/mol. The first-order valence-electron chi connectivity index (χ1n) is 7.95. The largest absolute Gasteiger partial charge is 0.492 e. The van der Waals surface area contributed by atoms with Gasteiger partial charge in [0.2, 0.25) is 0 Å². The summed E-state index contributed by atoms with van der Waals surface area (Å²) < 4.78 is 7.12. The van der Waals surface area contributed by atoms with E-state index in [1.165, 1.54) is 11.1 Å². The van der Waals surface area contributed by atoms with Gasteiger partial charge < -0.3 is 4.74 Å². The second-order valence-corrected chi connectivity index (χ2v) is 7.51. The van der Waals surface area contributed by atoms with E-state index in [1.807, 2.05) is 6.07 Å². The molecule has 0 aliphatic carbocycles. The molecule has 0 spiro atoms. The number of rotatable bonds is 5. The lowest BCUT2D eigenvalue weighted by molar-refractivity contribution is 0.308. The molecule has 0 bridgehead atoms. The van der Waals surface area contributed by atoms with Crippen molar-refractivity contribution in [1.82, 2.24) is 0 Å². The second kappa shape index (κ2) is 7.32. The standard InChI is InChI=1S/C20H25BrO/c1-5-6-12-22-19-17(15-10-8-7-9-11-15)13-16(14-18(19)21)20(2,3)4/h7-11,13-14H,5-6,12H2,1-4H3. The van der Waals surface area contributed by atoms with E-state index in [9.17, 15) is 0 Å². The first-order chi connectivity index (χ1) is 10.4. The molecule has 0 amide bonds. The van der Waals surface area contributed by atoms with Gasteiger partial charge in [-0.2, -0.15) is 0 Å². The quantitative estimate of drug-likeness (QED) is 0.546. The summed E-state index contributed by atoms with van der Waals surface area (Å²) in [6, 6.07) is 14.9. The molecule has 2 heteroatoms. The molecule has 1 nitrogen and oxygen atoms in total. The average Bonchev–Trinajstić information content (AvgIpc) is 2.48. The van der Waals surface area contributed by atoms with Gasteiger partial charge in [-0.25, -0.2) is 0 Å². The topological polar surface area (TPSA) is 9.23 Å². The van der Waals surface area contributed by atoms with Crippen LogP contribution in [0.5, 0.6) is 5.75 Å². The summed E-state index contributed by atoms with van der Waals surface area (Å²) in [5, 5.41) is 0. The Bertz CT molecular complexity index is 612. The summed E-state index contributed by atoms with van der Waals surface area (Å²) in [5.41, 5.74) is 3.77. The zero-order chi connectivity index (χ0) is 16.2. The zero-order valence-electron chi connectivity index (χ0n) is 13.9. The van der Waals surface area contributed by atoms with Gasteiger partial charge in [-0.1, -0.05) is 64.4 Å². The maximum atomic E-state index is 6.08. The van der Waals surface area contributed by atoms with Crippen molar-refractivity contribution in [3.63, 3.8) is 0 Å². The summed E-state index contributed by atoms with van der Waals surface area (Å²) in [6.07, 6.45) is 2.21. The maximum Gasteiger partial charge on any atom is 0.141 e. The lowest BCUT2D eigenvalue weighted by Gasteiger charge is -2.23. The molecule has 0 aromatic heterocycles.